The summed E-state index contributed by atoms with van der Waals surface area (Å²) in [6.45, 7) is 11.1. The summed E-state index contributed by atoms with van der Waals surface area (Å²) in [4.78, 5) is 41.8. The molecule has 0 spiro atoms. The van der Waals surface area contributed by atoms with E-state index in [4.69, 9.17) is 26.8 Å². The van der Waals surface area contributed by atoms with Crippen molar-refractivity contribution in [3.8, 4) is 17.0 Å². The van der Waals surface area contributed by atoms with Crippen LogP contribution in [-0.2, 0) is 14.3 Å². The van der Waals surface area contributed by atoms with E-state index in [1.54, 1.807) is 6.07 Å². The maximum Gasteiger partial charge on any atom is 0.270 e. The molecule has 16 heteroatoms. The van der Waals surface area contributed by atoms with Crippen molar-refractivity contribution in [3.05, 3.63) is 52.9 Å². The van der Waals surface area contributed by atoms with Crippen LogP contribution in [0.25, 0.3) is 11.3 Å². The highest BCUT2D eigenvalue weighted by atomic mass is 32.1. The van der Waals surface area contributed by atoms with Crippen molar-refractivity contribution in [1.82, 2.24) is 20.6 Å². The Labute approximate surface area is 294 Å². The smallest absolute Gasteiger partial charge is 0.270 e. The van der Waals surface area contributed by atoms with Crippen LogP contribution in [0.2, 0.25) is 0 Å². The molecule has 13 nitrogen and oxygen atoms in total. The van der Waals surface area contributed by atoms with Gasteiger partial charge in [0, 0.05) is 54.9 Å². The minimum Gasteiger partial charge on any atom is -0.488 e. The Balaban J connectivity index is 0.000000244. The lowest BCUT2D eigenvalue weighted by Crippen LogP contribution is -2.57. The number of aromatic nitrogens is 1. The summed E-state index contributed by atoms with van der Waals surface area (Å²) >= 11 is 1.48. The molecular weight excluding hydrogens is 670 g/mol. The molecule has 0 radical (unpaired) electrons. The van der Waals surface area contributed by atoms with Gasteiger partial charge in [-0.25, -0.2) is 15.2 Å². The third-order valence-electron chi connectivity index (χ3n) is 8.24. The van der Waals surface area contributed by atoms with E-state index >= 15 is 0 Å². The van der Waals surface area contributed by atoms with E-state index in [-0.39, 0.29) is 47.8 Å². The number of amides is 3. The zero-order valence-electron chi connectivity index (χ0n) is 28.6. The van der Waals surface area contributed by atoms with E-state index in [0.29, 0.717) is 36.7 Å². The first-order valence-electron chi connectivity index (χ1n) is 16.5. The minimum absolute atomic E-state index is 0.0801. The largest absolute Gasteiger partial charge is 0.488 e. The number of carbonyl (C=O) groups is 3. The van der Waals surface area contributed by atoms with Crippen molar-refractivity contribution >= 4 is 45.6 Å². The normalized spacial score (nSPS) is 16.4. The maximum absolute atomic E-state index is 14.5. The van der Waals surface area contributed by atoms with Crippen molar-refractivity contribution in [2.24, 2.45) is 11.3 Å². The zero-order valence-corrected chi connectivity index (χ0v) is 29.4. The molecular formula is C34H46F2N8O5S. The number of hydrogen-bond donors (Lipinski definition) is 5. The number of nitrogens with zero attached hydrogens (tertiary/aromatic N) is 3. The second kappa shape index (κ2) is 17.5. The van der Waals surface area contributed by atoms with Crippen LogP contribution >= 0.6 is 11.3 Å². The number of hydrazine groups is 1. The van der Waals surface area contributed by atoms with Crippen molar-refractivity contribution in [2.75, 3.05) is 62.4 Å². The van der Waals surface area contributed by atoms with E-state index in [9.17, 15) is 23.2 Å². The standard InChI is InChI=1S/C22H31F2N3O2S.C12H15N5O3/c1-4-7-22(2,3)15-25-8-11-29-20-16(5-6-17(23)19(20)24)18-14-30-21(26-18)27-9-12-28-13-10-27;13-6-1-2-8(14)7(5-6)12(20)17(15)9-3-4-10(18)16-11(9)19/h5-6,14,25H,4,7-13,15H2,1-3H3;1-2,5,9H,3-4,13-15H2,(H,16,18,19). The molecule has 272 valence electrons. The first-order valence-corrected chi connectivity index (χ1v) is 17.4. The number of carbonyl (C=O) groups excluding carboxylic acids is 3. The van der Waals surface area contributed by atoms with Crippen LogP contribution < -0.4 is 37.6 Å². The van der Waals surface area contributed by atoms with Gasteiger partial charge in [0.25, 0.3) is 11.8 Å². The van der Waals surface area contributed by atoms with Crippen LogP contribution in [-0.4, -0.2) is 79.8 Å². The number of imide groups is 1. The molecule has 2 aliphatic heterocycles. The van der Waals surface area contributed by atoms with Crippen molar-refractivity contribution in [2.45, 2.75) is 52.5 Å². The Kier molecular flexibility index (Phi) is 13.5. The fraction of sp³-hybridized carbons (Fsp3) is 0.471. The highest BCUT2D eigenvalue weighted by Gasteiger charge is 2.34. The van der Waals surface area contributed by atoms with Gasteiger partial charge in [-0.3, -0.25) is 24.7 Å². The van der Waals surface area contributed by atoms with Gasteiger partial charge in [0.15, 0.2) is 16.7 Å². The third-order valence-corrected chi connectivity index (χ3v) is 9.14. The van der Waals surface area contributed by atoms with E-state index < -0.39 is 29.5 Å². The Morgan fingerprint density at radius 3 is 2.64 bits per heavy atom. The summed E-state index contributed by atoms with van der Waals surface area (Å²) in [5, 5.41) is 8.98. The highest BCUT2D eigenvalue weighted by molar-refractivity contribution is 7.14. The monoisotopic (exact) mass is 716 g/mol. The van der Waals surface area contributed by atoms with E-state index in [1.807, 2.05) is 5.38 Å². The molecule has 50 heavy (non-hydrogen) atoms. The van der Waals surface area contributed by atoms with Crippen molar-refractivity contribution in [3.63, 3.8) is 0 Å². The predicted octanol–water partition coefficient (Wildman–Crippen LogP) is 3.69. The highest BCUT2D eigenvalue weighted by Crippen LogP contribution is 2.36. The number of nitrogens with one attached hydrogen (secondary N) is 2. The van der Waals surface area contributed by atoms with Crippen LogP contribution in [0, 0.1) is 17.0 Å². The van der Waals surface area contributed by atoms with Gasteiger partial charge in [0.1, 0.15) is 12.6 Å². The number of halogens is 2. The number of rotatable bonds is 12. The molecule has 0 aliphatic carbocycles. The summed E-state index contributed by atoms with van der Waals surface area (Å²) in [5.41, 5.74) is 13.3. The fourth-order valence-corrected chi connectivity index (χ4v) is 6.45. The molecule has 8 N–H and O–H groups in total. The second-order valence-corrected chi connectivity index (χ2v) is 13.7. The Hall–Kier alpha value is -4.38. The summed E-state index contributed by atoms with van der Waals surface area (Å²) in [6.07, 6.45) is 2.56. The number of ether oxygens (including phenoxy) is 2. The number of thiazole rings is 1. The Morgan fingerprint density at radius 1 is 1.20 bits per heavy atom. The first kappa shape index (κ1) is 38.4. The number of piperidine rings is 1. The van der Waals surface area contributed by atoms with Crippen LogP contribution in [0.4, 0.5) is 25.3 Å². The summed E-state index contributed by atoms with van der Waals surface area (Å²) < 4.78 is 39.5. The second-order valence-electron chi connectivity index (χ2n) is 12.8. The van der Waals surface area contributed by atoms with Crippen LogP contribution in [0.5, 0.6) is 5.75 Å². The zero-order chi connectivity index (χ0) is 36.4. The number of morpholine rings is 1. The SMILES string of the molecule is CCCC(C)(C)CNCCOc1c(-c2csc(N3CCOCC3)n2)ccc(F)c1F.Nc1ccc(N)c(C(=O)N(N)C2CCC(=O)NC2=O)c1. The van der Waals surface area contributed by atoms with E-state index in [1.165, 1.54) is 29.5 Å². The van der Waals surface area contributed by atoms with Crippen LogP contribution in [0.3, 0.4) is 0 Å². The number of benzene rings is 2. The molecule has 2 aliphatic rings. The molecule has 5 rings (SSSR count). The lowest BCUT2D eigenvalue weighted by atomic mass is 9.88. The molecule has 0 bridgehead atoms. The molecule has 1 atom stereocenters. The number of nitrogens with two attached hydrogens (primary N) is 3. The van der Waals surface area contributed by atoms with Gasteiger partial charge in [0.2, 0.25) is 11.7 Å². The predicted molar refractivity (Wildman–Crippen MR) is 189 cm³/mol. The van der Waals surface area contributed by atoms with Gasteiger partial charge < -0.3 is 31.2 Å². The minimum atomic E-state index is -0.972. The number of anilines is 3. The molecule has 2 saturated heterocycles. The van der Waals surface area contributed by atoms with E-state index in [2.05, 4.69) is 41.3 Å². The van der Waals surface area contributed by atoms with Gasteiger partial charge in [-0.15, -0.1) is 11.3 Å². The fourth-order valence-electron chi connectivity index (χ4n) is 5.57. The lowest BCUT2D eigenvalue weighted by Gasteiger charge is -2.29. The topological polar surface area (TPSA) is 191 Å². The molecule has 3 aromatic rings. The van der Waals surface area contributed by atoms with Crippen LogP contribution in [0.15, 0.2) is 35.7 Å². The third kappa shape index (κ3) is 10.1. The number of nitrogen functional groups attached to an aromatic ring is 2. The molecule has 3 heterocycles. The molecule has 3 amide bonds. The Morgan fingerprint density at radius 2 is 1.94 bits per heavy atom. The van der Waals surface area contributed by atoms with Crippen LogP contribution in [0.1, 0.15) is 56.8 Å². The van der Waals surface area contributed by atoms with E-state index in [0.717, 1.165) is 48.7 Å². The molecule has 2 aromatic carbocycles. The average molecular weight is 717 g/mol. The quantitative estimate of drug-likeness (QED) is 0.0459. The summed E-state index contributed by atoms with van der Waals surface area (Å²) in [6, 6.07) is 6.19. The van der Waals surface area contributed by atoms with Crippen molar-refractivity contribution in [1.29, 1.82) is 0 Å². The lowest BCUT2D eigenvalue weighted by molar-refractivity contribution is -0.136. The van der Waals surface area contributed by atoms with Gasteiger partial charge in [-0.05, 0) is 48.6 Å². The molecule has 0 saturated carbocycles. The summed E-state index contributed by atoms with van der Waals surface area (Å²) in [5.74, 6) is 2.12. The van der Waals surface area contributed by atoms with Gasteiger partial charge in [-0.2, -0.15) is 4.39 Å². The molecule has 1 aromatic heterocycles. The van der Waals surface area contributed by atoms with Crippen molar-refractivity contribution < 1.29 is 32.6 Å². The van der Waals surface area contributed by atoms with Gasteiger partial charge >= 0.3 is 0 Å². The maximum atomic E-state index is 14.5. The molecule has 2 fully saturated rings. The first-order chi connectivity index (χ1) is 23.8. The van der Waals surface area contributed by atoms with Gasteiger partial charge in [-0.1, -0.05) is 27.2 Å². The molecule has 1 unspecified atom stereocenters. The average Bonchev–Trinajstić information content (AvgIpc) is 3.58. The summed E-state index contributed by atoms with van der Waals surface area (Å²) in [7, 11) is 0. The Bertz CT molecular complexity index is 1650. The van der Waals surface area contributed by atoms with Gasteiger partial charge in [0.05, 0.1) is 24.5 Å². The number of hydrogen-bond acceptors (Lipinski definition) is 12.